The van der Waals surface area contributed by atoms with Crippen LogP contribution in [-0.2, 0) is 16.4 Å². The van der Waals surface area contributed by atoms with Gasteiger partial charge in [-0.2, -0.15) is 0 Å². The van der Waals surface area contributed by atoms with Crippen LogP contribution in [0.15, 0.2) is 54.6 Å². The average molecular weight is 362 g/mol. The van der Waals surface area contributed by atoms with Gasteiger partial charge in [-0.05, 0) is 36.1 Å². The molecule has 0 aromatic heterocycles. The molecule has 0 bridgehead atoms. The fraction of sp³-hybridized carbons (Fsp3) is 0.400. The number of nitrogens with one attached hydrogen (secondary N) is 1. The summed E-state index contributed by atoms with van der Waals surface area (Å²) in [6.45, 7) is 5.48. The molecule has 0 amide bonds. The maximum Gasteiger partial charge on any atom is 0.148 e. The van der Waals surface area contributed by atoms with Crippen LogP contribution >= 0.6 is 0 Å². The standard InChI is InChI=1S/C20H27NO3S/c1-16(15-25(3,22)23)19-11-9-18(10-12-19)14-21-13-17(2)24-20-7-5-4-6-8-20/h4-12,16-17,21H,13-15H2,1-3H3/t16-,17?/m0/s1. The topological polar surface area (TPSA) is 55.4 Å². The Morgan fingerprint density at radius 3 is 2.24 bits per heavy atom. The summed E-state index contributed by atoms with van der Waals surface area (Å²) >= 11 is 0. The maximum absolute atomic E-state index is 11.4. The number of sulfone groups is 1. The Labute approximate surface area is 151 Å². The highest BCUT2D eigenvalue weighted by molar-refractivity contribution is 7.90. The molecule has 0 aliphatic rings. The van der Waals surface area contributed by atoms with Gasteiger partial charge in [0.25, 0.3) is 0 Å². The molecule has 2 aromatic carbocycles. The van der Waals surface area contributed by atoms with Crippen molar-refractivity contribution in [2.24, 2.45) is 0 Å². The molecule has 4 nitrogen and oxygen atoms in total. The molecule has 136 valence electrons. The lowest BCUT2D eigenvalue weighted by Gasteiger charge is -2.16. The number of rotatable bonds is 9. The molecule has 0 saturated heterocycles. The van der Waals surface area contributed by atoms with Gasteiger partial charge in [-0.25, -0.2) is 8.42 Å². The summed E-state index contributed by atoms with van der Waals surface area (Å²) in [5.41, 5.74) is 2.22. The fourth-order valence-corrected chi connectivity index (χ4v) is 3.81. The van der Waals surface area contributed by atoms with Crippen LogP contribution in [0.25, 0.3) is 0 Å². The molecule has 2 aromatic rings. The van der Waals surface area contributed by atoms with Gasteiger partial charge < -0.3 is 10.1 Å². The summed E-state index contributed by atoms with van der Waals surface area (Å²) in [6, 6.07) is 17.9. The van der Waals surface area contributed by atoms with Crippen LogP contribution in [0.5, 0.6) is 5.75 Å². The van der Waals surface area contributed by atoms with E-state index in [4.69, 9.17) is 4.74 Å². The Bertz CT molecular complexity index is 742. The molecule has 0 spiro atoms. The van der Waals surface area contributed by atoms with Gasteiger partial charge in [-0.1, -0.05) is 49.4 Å². The smallest absolute Gasteiger partial charge is 0.148 e. The molecule has 1 N–H and O–H groups in total. The van der Waals surface area contributed by atoms with Gasteiger partial charge in [-0.3, -0.25) is 0 Å². The third kappa shape index (κ3) is 7.28. The second-order valence-electron chi connectivity index (χ2n) is 6.61. The molecular formula is C20H27NO3S. The van der Waals surface area contributed by atoms with Crippen LogP contribution in [-0.4, -0.2) is 33.1 Å². The lowest BCUT2D eigenvalue weighted by Crippen LogP contribution is -2.28. The van der Waals surface area contributed by atoms with Crippen molar-refractivity contribution in [2.45, 2.75) is 32.4 Å². The number of benzene rings is 2. The second-order valence-corrected chi connectivity index (χ2v) is 8.79. The molecule has 0 fully saturated rings. The van der Waals surface area contributed by atoms with Crippen LogP contribution in [0.2, 0.25) is 0 Å². The van der Waals surface area contributed by atoms with Crippen molar-refractivity contribution in [3.8, 4) is 5.75 Å². The number of hydrogen-bond acceptors (Lipinski definition) is 4. The first-order valence-corrected chi connectivity index (χ1v) is 10.6. The highest BCUT2D eigenvalue weighted by atomic mass is 32.2. The first-order chi connectivity index (χ1) is 11.8. The molecule has 2 rings (SSSR count). The minimum Gasteiger partial charge on any atom is -0.489 e. The third-order valence-corrected chi connectivity index (χ3v) is 5.05. The van der Waals surface area contributed by atoms with Gasteiger partial charge in [0.1, 0.15) is 21.7 Å². The highest BCUT2D eigenvalue weighted by Gasteiger charge is 2.12. The number of hydrogen-bond donors (Lipinski definition) is 1. The minimum absolute atomic E-state index is 0.0105. The van der Waals surface area contributed by atoms with Crippen LogP contribution in [0, 0.1) is 0 Å². The molecule has 25 heavy (non-hydrogen) atoms. The van der Waals surface area contributed by atoms with Crippen molar-refractivity contribution in [2.75, 3.05) is 18.6 Å². The SMILES string of the molecule is CC(CNCc1ccc([C@@H](C)CS(C)(=O)=O)cc1)Oc1ccccc1. The summed E-state index contributed by atoms with van der Waals surface area (Å²) in [7, 11) is -2.96. The largest absolute Gasteiger partial charge is 0.489 e. The zero-order valence-corrected chi connectivity index (χ0v) is 15.9. The predicted molar refractivity (Wildman–Crippen MR) is 103 cm³/mol. The van der Waals surface area contributed by atoms with Crippen LogP contribution in [0.4, 0.5) is 0 Å². The summed E-state index contributed by atoms with van der Waals surface area (Å²) in [6.07, 6.45) is 1.36. The van der Waals surface area contributed by atoms with Crippen LogP contribution < -0.4 is 10.1 Å². The lowest BCUT2D eigenvalue weighted by atomic mass is 10.0. The van der Waals surface area contributed by atoms with Crippen molar-refractivity contribution >= 4 is 9.84 Å². The number of ether oxygens (including phenoxy) is 1. The summed E-state index contributed by atoms with van der Waals surface area (Å²) < 4.78 is 28.6. The molecule has 0 saturated carbocycles. The van der Waals surface area contributed by atoms with Crippen LogP contribution in [0.3, 0.4) is 0 Å². The van der Waals surface area contributed by atoms with Gasteiger partial charge >= 0.3 is 0 Å². The van der Waals surface area contributed by atoms with E-state index in [-0.39, 0.29) is 17.8 Å². The Kier molecular flexibility index (Phi) is 7.02. The zero-order valence-electron chi connectivity index (χ0n) is 15.1. The molecule has 2 atom stereocenters. The van der Waals surface area contributed by atoms with E-state index in [1.54, 1.807) is 0 Å². The Balaban J connectivity index is 1.77. The zero-order chi connectivity index (χ0) is 18.3. The van der Waals surface area contributed by atoms with Gasteiger partial charge in [0.15, 0.2) is 0 Å². The average Bonchev–Trinajstić information content (AvgIpc) is 2.55. The molecule has 0 heterocycles. The van der Waals surface area contributed by atoms with Crippen molar-refractivity contribution in [3.05, 3.63) is 65.7 Å². The highest BCUT2D eigenvalue weighted by Crippen LogP contribution is 2.17. The van der Waals surface area contributed by atoms with E-state index in [9.17, 15) is 8.42 Å². The van der Waals surface area contributed by atoms with Gasteiger partial charge in [0.2, 0.25) is 0 Å². The Hall–Kier alpha value is -1.85. The van der Waals surface area contributed by atoms with E-state index in [1.807, 2.05) is 68.4 Å². The molecule has 0 aliphatic heterocycles. The van der Waals surface area contributed by atoms with E-state index < -0.39 is 9.84 Å². The summed E-state index contributed by atoms with van der Waals surface area (Å²) in [5, 5.41) is 3.39. The molecule has 0 radical (unpaired) electrons. The van der Waals surface area contributed by atoms with E-state index in [1.165, 1.54) is 11.8 Å². The monoisotopic (exact) mass is 361 g/mol. The van der Waals surface area contributed by atoms with E-state index >= 15 is 0 Å². The minimum atomic E-state index is -2.96. The molecule has 5 heteroatoms. The second kappa shape index (κ2) is 9.02. The summed E-state index contributed by atoms with van der Waals surface area (Å²) in [5.74, 6) is 1.07. The predicted octanol–water partition coefficient (Wildman–Crippen LogP) is 3.39. The van der Waals surface area contributed by atoms with Crippen molar-refractivity contribution in [1.29, 1.82) is 0 Å². The lowest BCUT2D eigenvalue weighted by molar-refractivity contribution is 0.217. The summed E-state index contributed by atoms with van der Waals surface area (Å²) in [4.78, 5) is 0. The first kappa shape index (κ1) is 19.5. The van der Waals surface area contributed by atoms with E-state index in [2.05, 4.69) is 5.32 Å². The third-order valence-electron chi connectivity index (χ3n) is 3.94. The van der Waals surface area contributed by atoms with E-state index in [0.29, 0.717) is 0 Å². The normalized spacial score (nSPS) is 14.0. The van der Waals surface area contributed by atoms with Gasteiger partial charge in [-0.15, -0.1) is 0 Å². The van der Waals surface area contributed by atoms with E-state index in [0.717, 1.165) is 24.4 Å². The van der Waals surface area contributed by atoms with Crippen molar-refractivity contribution in [1.82, 2.24) is 5.32 Å². The maximum atomic E-state index is 11.4. The van der Waals surface area contributed by atoms with Crippen molar-refractivity contribution < 1.29 is 13.2 Å². The molecule has 0 aliphatic carbocycles. The number of para-hydroxylation sites is 1. The molecule has 1 unspecified atom stereocenters. The first-order valence-electron chi connectivity index (χ1n) is 8.52. The Morgan fingerprint density at radius 2 is 1.64 bits per heavy atom. The fourth-order valence-electron chi connectivity index (χ4n) is 2.71. The van der Waals surface area contributed by atoms with Gasteiger partial charge in [0, 0.05) is 19.3 Å². The molecular weight excluding hydrogens is 334 g/mol. The quantitative estimate of drug-likeness (QED) is 0.744. The van der Waals surface area contributed by atoms with Crippen molar-refractivity contribution in [3.63, 3.8) is 0 Å². The van der Waals surface area contributed by atoms with Crippen LogP contribution in [0.1, 0.15) is 30.9 Å². The Morgan fingerprint density at radius 1 is 1.00 bits per heavy atom. The van der Waals surface area contributed by atoms with Gasteiger partial charge in [0.05, 0.1) is 5.75 Å².